The van der Waals surface area contributed by atoms with Gasteiger partial charge >= 0.3 is 0 Å². The van der Waals surface area contributed by atoms with Crippen molar-refractivity contribution in [2.45, 2.75) is 40.0 Å². The highest BCUT2D eigenvalue weighted by Crippen LogP contribution is 2.14. The van der Waals surface area contributed by atoms with Crippen molar-refractivity contribution in [3.8, 4) is 0 Å². The van der Waals surface area contributed by atoms with Gasteiger partial charge in [0.1, 0.15) is 5.76 Å². The van der Waals surface area contributed by atoms with Crippen molar-refractivity contribution in [3.05, 3.63) is 47.3 Å². The number of para-hydroxylation sites is 1. The lowest BCUT2D eigenvalue weighted by atomic mass is 10.1. The van der Waals surface area contributed by atoms with Crippen LogP contribution in [-0.2, 0) is 11.2 Å². The number of hydrogen-bond donors (Lipinski definition) is 1. The predicted octanol–water partition coefficient (Wildman–Crippen LogP) is 3.26. The molecule has 1 N–H and O–H groups in total. The van der Waals surface area contributed by atoms with Crippen molar-refractivity contribution < 1.29 is 9.32 Å². The normalized spacial score (nSPS) is 10.6. The highest BCUT2D eigenvalue weighted by atomic mass is 16.5. The first-order valence-corrected chi connectivity index (χ1v) is 8.60. The minimum absolute atomic E-state index is 0.0813. The van der Waals surface area contributed by atoms with E-state index >= 15 is 0 Å². The SMILES string of the molecule is CCN(CCCNC(=O)CCc1c(C)noc1C)c1ccccc1. The number of anilines is 1. The van der Waals surface area contributed by atoms with Crippen molar-refractivity contribution >= 4 is 11.6 Å². The molecule has 0 aliphatic carbocycles. The van der Waals surface area contributed by atoms with Gasteiger partial charge in [-0.1, -0.05) is 23.4 Å². The fourth-order valence-corrected chi connectivity index (χ4v) is 2.79. The van der Waals surface area contributed by atoms with Crippen molar-refractivity contribution in [2.75, 3.05) is 24.5 Å². The maximum absolute atomic E-state index is 12.0. The maximum Gasteiger partial charge on any atom is 0.220 e. The number of nitrogens with zero attached hydrogens (tertiary/aromatic N) is 2. The van der Waals surface area contributed by atoms with E-state index in [0.717, 1.165) is 36.5 Å². The Kier molecular flexibility index (Phi) is 6.85. The lowest BCUT2D eigenvalue weighted by Gasteiger charge is -2.23. The topological polar surface area (TPSA) is 58.4 Å². The van der Waals surface area contributed by atoms with Crippen LogP contribution in [0.3, 0.4) is 0 Å². The average Bonchev–Trinajstić information content (AvgIpc) is 2.92. The molecular formula is C19H27N3O2. The molecule has 0 aliphatic rings. The highest BCUT2D eigenvalue weighted by molar-refractivity contribution is 5.76. The summed E-state index contributed by atoms with van der Waals surface area (Å²) in [6.07, 6.45) is 2.08. The summed E-state index contributed by atoms with van der Waals surface area (Å²) < 4.78 is 5.12. The van der Waals surface area contributed by atoms with Gasteiger partial charge in [-0.05, 0) is 45.7 Å². The van der Waals surface area contributed by atoms with Gasteiger partial charge in [-0.15, -0.1) is 0 Å². The first-order chi connectivity index (χ1) is 11.6. The summed E-state index contributed by atoms with van der Waals surface area (Å²) in [7, 11) is 0. The second-order valence-electron chi connectivity index (χ2n) is 5.92. The van der Waals surface area contributed by atoms with Gasteiger partial charge in [-0.3, -0.25) is 4.79 Å². The number of hydrogen-bond acceptors (Lipinski definition) is 4. The lowest BCUT2D eigenvalue weighted by Crippen LogP contribution is -2.30. The fraction of sp³-hybridized carbons (Fsp3) is 0.474. The summed E-state index contributed by atoms with van der Waals surface area (Å²) in [5.74, 6) is 0.888. The monoisotopic (exact) mass is 329 g/mol. The van der Waals surface area contributed by atoms with Crippen LogP contribution in [0.2, 0.25) is 0 Å². The van der Waals surface area contributed by atoms with Crippen molar-refractivity contribution in [2.24, 2.45) is 0 Å². The summed E-state index contributed by atoms with van der Waals surface area (Å²) in [6.45, 7) is 8.54. The van der Waals surface area contributed by atoms with Crippen molar-refractivity contribution in [3.63, 3.8) is 0 Å². The molecule has 5 nitrogen and oxygen atoms in total. The van der Waals surface area contributed by atoms with Crippen LogP contribution in [-0.4, -0.2) is 30.7 Å². The standard InChI is InChI=1S/C19H27N3O2/c1-4-22(17-9-6-5-7-10-17)14-8-13-20-19(23)12-11-18-15(2)21-24-16(18)3/h5-7,9-10H,4,8,11-14H2,1-3H3,(H,20,23). The third kappa shape index (κ3) is 5.11. The molecule has 0 aliphatic heterocycles. The average molecular weight is 329 g/mol. The molecule has 130 valence electrons. The third-order valence-electron chi connectivity index (χ3n) is 4.21. The van der Waals surface area contributed by atoms with Crippen LogP contribution in [0.4, 0.5) is 5.69 Å². The minimum Gasteiger partial charge on any atom is -0.372 e. The van der Waals surface area contributed by atoms with Gasteiger partial charge in [0.25, 0.3) is 0 Å². The molecule has 24 heavy (non-hydrogen) atoms. The van der Waals surface area contributed by atoms with Crippen LogP contribution >= 0.6 is 0 Å². The number of benzene rings is 1. The summed E-state index contributed by atoms with van der Waals surface area (Å²) in [5, 5.41) is 6.91. The predicted molar refractivity (Wildman–Crippen MR) is 96.3 cm³/mol. The number of carbonyl (C=O) groups is 1. The fourth-order valence-electron chi connectivity index (χ4n) is 2.79. The Morgan fingerprint density at radius 1 is 1.25 bits per heavy atom. The molecule has 0 atom stereocenters. The zero-order valence-corrected chi connectivity index (χ0v) is 14.8. The Morgan fingerprint density at radius 2 is 2.00 bits per heavy atom. The summed E-state index contributed by atoms with van der Waals surface area (Å²) in [5.41, 5.74) is 3.15. The molecular weight excluding hydrogens is 302 g/mol. The van der Waals surface area contributed by atoms with Crippen LogP contribution in [0.5, 0.6) is 0 Å². The lowest BCUT2D eigenvalue weighted by molar-refractivity contribution is -0.121. The van der Waals surface area contributed by atoms with E-state index in [-0.39, 0.29) is 5.91 Å². The maximum atomic E-state index is 12.0. The van der Waals surface area contributed by atoms with Gasteiger partial charge in [0.2, 0.25) is 5.91 Å². The van der Waals surface area contributed by atoms with E-state index in [4.69, 9.17) is 4.52 Å². The van der Waals surface area contributed by atoms with Crippen LogP contribution < -0.4 is 10.2 Å². The number of nitrogens with one attached hydrogen (secondary N) is 1. The number of carbonyl (C=O) groups excluding carboxylic acids is 1. The second kappa shape index (κ2) is 9.11. The third-order valence-corrected chi connectivity index (χ3v) is 4.21. The number of amides is 1. The van der Waals surface area contributed by atoms with Gasteiger partial charge in [0.05, 0.1) is 5.69 Å². The Labute approximate surface area is 144 Å². The molecule has 0 bridgehead atoms. The Bertz CT molecular complexity index is 618. The molecule has 0 saturated carbocycles. The van der Waals surface area contributed by atoms with E-state index in [9.17, 15) is 4.79 Å². The van der Waals surface area contributed by atoms with E-state index in [0.29, 0.717) is 19.4 Å². The van der Waals surface area contributed by atoms with Crippen LogP contribution in [0, 0.1) is 13.8 Å². The molecule has 0 unspecified atom stereocenters. The highest BCUT2D eigenvalue weighted by Gasteiger charge is 2.11. The Morgan fingerprint density at radius 3 is 2.62 bits per heavy atom. The molecule has 0 saturated heterocycles. The molecule has 2 rings (SSSR count). The molecule has 5 heteroatoms. The second-order valence-corrected chi connectivity index (χ2v) is 5.92. The van der Waals surface area contributed by atoms with Gasteiger partial charge in [0, 0.05) is 37.3 Å². The van der Waals surface area contributed by atoms with E-state index in [1.54, 1.807) is 0 Å². The molecule has 0 spiro atoms. The summed E-state index contributed by atoms with van der Waals surface area (Å²) >= 11 is 0. The largest absolute Gasteiger partial charge is 0.372 e. The van der Waals surface area contributed by atoms with Crippen LogP contribution in [0.25, 0.3) is 0 Å². The molecule has 2 aromatic rings. The van der Waals surface area contributed by atoms with Gasteiger partial charge < -0.3 is 14.7 Å². The first-order valence-electron chi connectivity index (χ1n) is 8.60. The molecule has 0 fully saturated rings. The van der Waals surface area contributed by atoms with E-state index in [1.165, 1.54) is 5.69 Å². The summed E-state index contributed by atoms with van der Waals surface area (Å²) in [6, 6.07) is 10.4. The van der Waals surface area contributed by atoms with Crippen molar-refractivity contribution in [1.29, 1.82) is 0 Å². The number of rotatable bonds is 9. The van der Waals surface area contributed by atoms with Gasteiger partial charge in [-0.25, -0.2) is 0 Å². The summed E-state index contributed by atoms with van der Waals surface area (Å²) in [4.78, 5) is 14.3. The number of aryl methyl sites for hydroxylation is 2. The molecule has 1 heterocycles. The first kappa shape index (κ1) is 18.0. The van der Waals surface area contributed by atoms with E-state index in [2.05, 4.69) is 46.6 Å². The van der Waals surface area contributed by atoms with Crippen LogP contribution in [0.1, 0.15) is 36.8 Å². The minimum atomic E-state index is 0.0813. The van der Waals surface area contributed by atoms with E-state index < -0.39 is 0 Å². The number of aromatic nitrogens is 1. The smallest absolute Gasteiger partial charge is 0.220 e. The van der Waals surface area contributed by atoms with E-state index in [1.807, 2.05) is 19.9 Å². The molecule has 0 radical (unpaired) electrons. The van der Waals surface area contributed by atoms with Gasteiger partial charge in [0.15, 0.2) is 0 Å². The van der Waals surface area contributed by atoms with Gasteiger partial charge in [-0.2, -0.15) is 0 Å². The zero-order valence-electron chi connectivity index (χ0n) is 14.8. The Balaban J connectivity index is 1.67. The van der Waals surface area contributed by atoms with Crippen LogP contribution in [0.15, 0.2) is 34.9 Å². The quantitative estimate of drug-likeness (QED) is 0.718. The molecule has 1 amide bonds. The molecule has 1 aromatic carbocycles. The Hall–Kier alpha value is -2.30. The van der Waals surface area contributed by atoms with Crippen molar-refractivity contribution in [1.82, 2.24) is 10.5 Å². The zero-order chi connectivity index (χ0) is 17.4. The molecule has 1 aromatic heterocycles.